The van der Waals surface area contributed by atoms with E-state index in [1.807, 2.05) is 42.5 Å². The summed E-state index contributed by atoms with van der Waals surface area (Å²) in [5, 5.41) is 4.77. The second kappa shape index (κ2) is 8.54. The fourth-order valence-corrected chi connectivity index (χ4v) is 4.69. The molecule has 4 rings (SSSR count). The number of rotatable bonds is 6. The van der Waals surface area contributed by atoms with Gasteiger partial charge in [0.2, 0.25) is 5.91 Å². The van der Waals surface area contributed by atoms with Crippen LogP contribution >= 0.6 is 23.1 Å². The van der Waals surface area contributed by atoms with Gasteiger partial charge in [-0.3, -0.25) is 4.79 Å². The zero-order valence-corrected chi connectivity index (χ0v) is 17.0. The second-order valence-electron chi connectivity index (χ2n) is 6.26. The predicted molar refractivity (Wildman–Crippen MR) is 118 cm³/mol. The topological polar surface area (TPSA) is 54.9 Å². The quantitative estimate of drug-likeness (QED) is 0.333. The Morgan fingerprint density at radius 3 is 2.61 bits per heavy atom. The molecule has 0 unspecified atom stereocenters. The first-order valence-corrected chi connectivity index (χ1v) is 10.8. The zero-order chi connectivity index (χ0) is 19.3. The minimum atomic E-state index is -0.0421. The molecule has 4 nitrogen and oxygen atoms in total. The predicted octanol–water partition coefficient (Wildman–Crippen LogP) is 5.65. The van der Waals surface area contributed by atoms with Gasteiger partial charge in [0.05, 0.1) is 5.75 Å². The number of nitrogens with zero attached hydrogens (tertiary/aromatic N) is 2. The maximum atomic E-state index is 12.3. The molecule has 2 heterocycles. The third kappa shape index (κ3) is 4.24. The molecule has 0 aliphatic heterocycles. The Hall–Kier alpha value is -2.70. The van der Waals surface area contributed by atoms with Crippen molar-refractivity contribution in [3.8, 4) is 10.4 Å². The number of carbonyl (C=O) groups is 1. The van der Waals surface area contributed by atoms with Crippen LogP contribution in [0, 0.1) is 0 Å². The van der Waals surface area contributed by atoms with E-state index < -0.39 is 0 Å². The lowest BCUT2D eigenvalue weighted by Gasteiger charge is -2.06. The maximum absolute atomic E-state index is 12.3. The Morgan fingerprint density at radius 2 is 1.86 bits per heavy atom. The monoisotopic (exact) mass is 405 g/mol. The van der Waals surface area contributed by atoms with Gasteiger partial charge in [-0.15, -0.1) is 11.3 Å². The molecule has 28 heavy (non-hydrogen) atoms. The fraction of sp³-hybridized carbons (Fsp3) is 0.136. The second-order valence-corrected chi connectivity index (χ2v) is 8.26. The number of hydrogen-bond acceptors (Lipinski definition) is 5. The van der Waals surface area contributed by atoms with Gasteiger partial charge < -0.3 is 5.32 Å². The fourth-order valence-electron chi connectivity index (χ4n) is 2.85. The van der Waals surface area contributed by atoms with Gasteiger partial charge >= 0.3 is 0 Å². The lowest BCUT2D eigenvalue weighted by Crippen LogP contribution is -2.14. The van der Waals surface area contributed by atoms with Gasteiger partial charge in [0, 0.05) is 16.0 Å². The Kier molecular flexibility index (Phi) is 5.69. The van der Waals surface area contributed by atoms with Crippen LogP contribution in [0.4, 0.5) is 5.69 Å². The van der Waals surface area contributed by atoms with Gasteiger partial charge in [-0.2, -0.15) is 0 Å². The highest BCUT2D eigenvalue weighted by atomic mass is 32.2. The number of nitrogens with one attached hydrogen (secondary N) is 1. The molecule has 1 N–H and O–H groups in total. The third-order valence-corrected chi connectivity index (χ3v) is 6.43. The van der Waals surface area contributed by atoms with Gasteiger partial charge in [-0.05, 0) is 35.7 Å². The first kappa shape index (κ1) is 18.7. The average molecular weight is 406 g/mol. The molecule has 0 spiro atoms. The standard InChI is InChI=1S/C22H19N3OS2/c1-2-15-8-10-17(11-9-15)25-20(26)13-27-21-18-12-19(16-6-4-3-5-7-16)28-22(18)24-14-23-21/h3-12,14H,2,13H2,1H3,(H,25,26). The van der Waals surface area contributed by atoms with Crippen molar-refractivity contribution in [1.82, 2.24) is 9.97 Å². The van der Waals surface area contributed by atoms with E-state index in [-0.39, 0.29) is 5.91 Å². The number of carbonyl (C=O) groups excluding carboxylic acids is 1. The summed E-state index contributed by atoms with van der Waals surface area (Å²) >= 11 is 3.08. The van der Waals surface area contributed by atoms with Crippen LogP contribution in [0.25, 0.3) is 20.7 Å². The Labute approximate surface area is 172 Å². The number of aryl methyl sites for hydroxylation is 1. The first-order valence-electron chi connectivity index (χ1n) is 9.04. The van der Waals surface area contributed by atoms with Crippen molar-refractivity contribution < 1.29 is 4.79 Å². The van der Waals surface area contributed by atoms with Gasteiger partial charge in [-0.1, -0.05) is 61.2 Å². The van der Waals surface area contributed by atoms with E-state index in [9.17, 15) is 4.79 Å². The van der Waals surface area contributed by atoms with Gasteiger partial charge in [-0.25, -0.2) is 9.97 Å². The molecule has 2 aromatic carbocycles. The van der Waals surface area contributed by atoms with Crippen molar-refractivity contribution >= 4 is 44.9 Å². The van der Waals surface area contributed by atoms with E-state index in [2.05, 4.69) is 40.4 Å². The number of benzene rings is 2. The van der Waals surface area contributed by atoms with Gasteiger partial charge in [0.25, 0.3) is 0 Å². The van der Waals surface area contributed by atoms with Crippen LogP contribution in [-0.2, 0) is 11.2 Å². The van der Waals surface area contributed by atoms with Crippen molar-refractivity contribution in [2.75, 3.05) is 11.1 Å². The van der Waals surface area contributed by atoms with Gasteiger partial charge in [0.15, 0.2) is 0 Å². The molecule has 0 saturated carbocycles. The summed E-state index contributed by atoms with van der Waals surface area (Å²) in [6.45, 7) is 2.11. The summed E-state index contributed by atoms with van der Waals surface area (Å²) in [5.74, 6) is 0.262. The largest absolute Gasteiger partial charge is 0.325 e. The number of aromatic nitrogens is 2. The van der Waals surface area contributed by atoms with Crippen molar-refractivity contribution in [3.05, 3.63) is 72.6 Å². The number of fused-ring (bicyclic) bond motifs is 1. The lowest BCUT2D eigenvalue weighted by atomic mass is 10.1. The van der Waals surface area contributed by atoms with Crippen molar-refractivity contribution in [1.29, 1.82) is 0 Å². The summed E-state index contributed by atoms with van der Waals surface area (Å²) in [4.78, 5) is 23.2. The molecule has 0 bridgehead atoms. The van der Waals surface area contributed by atoms with Crippen LogP contribution in [0.2, 0.25) is 0 Å². The Bertz CT molecular complexity index is 1090. The number of anilines is 1. The Morgan fingerprint density at radius 1 is 1.07 bits per heavy atom. The normalized spacial score (nSPS) is 10.9. The maximum Gasteiger partial charge on any atom is 0.234 e. The van der Waals surface area contributed by atoms with Crippen LogP contribution in [0.15, 0.2) is 72.0 Å². The van der Waals surface area contributed by atoms with Crippen LogP contribution in [0.5, 0.6) is 0 Å². The first-order chi connectivity index (χ1) is 13.7. The molecule has 0 fully saturated rings. The summed E-state index contributed by atoms with van der Waals surface area (Å²) in [6.07, 6.45) is 2.55. The molecule has 0 aliphatic rings. The Balaban J connectivity index is 1.47. The van der Waals surface area contributed by atoms with Crippen molar-refractivity contribution in [3.63, 3.8) is 0 Å². The minimum absolute atomic E-state index is 0.0421. The number of thiophene rings is 1. The highest BCUT2D eigenvalue weighted by molar-refractivity contribution is 8.00. The molecular formula is C22H19N3OS2. The molecular weight excluding hydrogens is 386 g/mol. The third-order valence-electron chi connectivity index (χ3n) is 4.34. The van der Waals surface area contributed by atoms with Crippen LogP contribution < -0.4 is 5.32 Å². The summed E-state index contributed by atoms with van der Waals surface area (Å²) < 4.78 is 0. The highest BCUT2D eigenvalue weighted by Crippen LogP contribution is 2.36. The van der Waals surface area contributed by atoms with Crippen molar-refractivity contribution in [2.24, 2.45) is 0 Å². The van der Waals surface area contributed by atoms with E-state index in [4.69, 9.17) is 0 Å². The van der Waals surface area contributed by atoms with Crippen molar-refractivity contribution in [2.45, 2.75) is 18.4 Å². The lowest BCUT2D eigenvalue weighted by molar-refractivity contribution is -0.113. The number of hydrogen-bond donors (Lipinski definition) is 1. The molecule has 1 amide bonds. The summed E-state index contributed by atoms with van der Waals surface area (Å²) in [6, 6.07) is 20.3. The molecule has 0 radical (unpaired) electrons. The molecule has 2 aromatic heterocycles. The van der Waals surface area contributed by atoms with Crippen LogP contribution in [0.1, 0.15) is 12.5 Å². The number of amides is 1. The van der Waals surface area contributed by atoms with E-state index in [1.165, 1.54) is 17.3 Å². The molecule has 0 aliphatic carbocycles. The molecule has 6 heteroatoms. The minimum Gasteiger partial charge on any atom is -0.325 e. The smallest absolute Gasteiger partial charge is 0.234 e. The molecule has 140 valence electrons. The van der Waals surface area contributed by atoms with E-state index in [1.54, 1.807) is 17.7 Å². The van der Waals surface area contributed by atoms with Gasteiger partial charge in [0.1, 0.15) is 16.2 Å². The SMILES string of the molecule is CCc1ccc(NC(=O)CSc2ncnc3sc(-c4ccccc4)cc23)cc1. The van der Waals surface area contributed by atoms with E-state index >= 15 is 0 Å². The zero-order valence-electron chi connectivity index (χ0n) is 15.4. The van der Waals surface area contributed by atoms with Crippen LogP contribution in [-0.4, -0.2) is 21.6 Å². The molecule has 0 atom stereocenters. The summed E-state index contributed by atoms with van der Waals surface area (Å²) in [7, 11) is 0. The van der Waals surface area contributed by atoms with E-state index in [0.29, 0.717) is 5.75 Å². The number of thioether (sulfide) groups is 1. The average Bonchev–Trinajstić information content (AvgIpc) is 3.18. The van der Waals surface area contributed by atoms with Crippen LogP contribution in [0.3, 0.4) is 0 Å². The highest BCUT2D eigenvalue weighted by Gasteiger charge is 2.12. The molecule has 0 saturated heterocycles. The van der Waals surface area contributed by atoms with E-state index in [0.717, 1.165) is 37.8 Å². The molecule has 4 aromatic rings. The summed E-state index contributed by atoms with van der Waals surface area (Å²) in [5.41, 5.74) is 3.23.